The molecule has 1 aliphatic rings. The Balaban J connectivity index is 2.00. The Morgan fingerprint density at radius 1 is 1.14 bits per heavy atom. The molecule has 0 aliphatic carbocycles. The first-order valence-electron chi connectivity index (χ1n) is 7.28. The van der Waals surface area contributed by atoms with Crippen LogP contribution in [0.15, 0.2) is 36.5 Å². The Labute approximate surface area is 124 Å². The van der Waals surface area contributed by atoms with Crippen LogP contribution in [0.5, 0.6) is 0 Å². The first-order chi connectivity index (χ1) is 10.3. The average molecular weight is 285 g/mol. The van der Waals surface area contributed by atoms with Crippen LogP contribution in [0.1, 0.15) is 29.8 Å². The summed E-state index contributed by atoms with van der Waals surface area (Å²) in [6.07, 6.45) is 5.47. The molecular weight excluding hydrogens is 266 g/mol. The molecule has 0 atom stereocenters. The van der Waals surface area contributed by atoms with Crippen molar-refractivity contribution in [2.75, 3.05) is 25.1 Å². The summed E-state index contributed by atoms with van der Waals surface area (Å²) < 4.78 is 6.62. The van der Waals surface area contributed by atoms with Crippen LogP contribution in [-0.2, 0) is 4.74 Å². The molecule has 2 heterocycles. The van der Waals surface area contributed by atoms with Gasteiger partial charge in [-0.1, -0.05) is 18.2 Å². The van der Waals surface area contributed by atoms with Gasteiger partial charge in [-0.3, -0.25) is 0 Å². The maximum Gasteiger partial charge on any atom is 0.360 e. The average Bonchev–Trinajstić information content (AvgIpc) is 3.01. The normalized spacial score (nSPS) is 15.0. The van der Waals surface area contributed by atoms with E-state index in [4.69, 9.17) is 4.74 Å². The zero-order chi connectivity index (χ0) is 14.7. The molecule has 5 heteroatoms. The van der Waals surface area contributed by atoms with Gasteiger partial charge >= 0.3 is 5.97 Å². The molecule has 2 aromatic rings. The van der Waals surface area contributed by atoms with E-state index in [0.29, 0.717) is 5.69 Å². The molecule has 3 rings (SSSR count). The number of aromatic nitrogens is 2. The monoisotopic (exact) mass is 285 g/mol. The minimum absolute atomic E-state index is 0.384. The van der Waals surface area contributed by atoms with Crippen molar-refractivity contribution in [2.45, 2.75) is 19.3 Å². The van der Waals surface area contributed by atoms with Gasteiger partial charge in [-0.25, -0.2) is 9.48 Å². The number of para-hydroxylation sites is 1. The molecule has 1 aromatic carbocycles. The molecule has 0 radical (unpaired) electrons. The van der Waals surface area contributed by atoms with Gasteiger partial charge in [-0.05, 0) is 31.4 Å². The number of methoxy groups -OCH3 is 1. The lowest BCUT2D eigenvalue weighted by atomic mass is 10.1. The fourth-order valence-corrected chi connectivity index (χ4v) is 2.69. The lowest BCUT2D eigenvalue weighted by molar-refractivity contribution is 0.0594. The topological polar surface area (TPSA) is 47.4 Å². The molecule has 5 nitrogen and oxygen atoms in total. The van der Waals surface area contributed by atoms with Crippen LogP contribution < -0.4 is 4.90 Å². The Morgan fingerprint density at radius 3 is 2.52 bits per heavy atom. The van der Waals surface area contributed by atoms with Crippen LogP contribution in [0.25, 0.3) is 5.69 Å². The van der Waals surface area contributed by atoms with Crippen LogP contribution in [0, 0.1) is 0 Å². The SMILES string of the molecule is COC(=O)c1nn(-c2ccccc2)cc1N1CCCCC1. The van der Waals surface area contributed by atoms with Crippen molar-refractivity contribution >= 4 is 11.7 Å². The molecule has 0 N–H and O–H groups in total. The minimum Gasteiger partial charge on any atom is -0.464 e. The third-order valence-electron chi connectivity index (χ3n) is 3.79. The summed E-state index contributed by atoms with van der Waals surface area (Å²) in [7, 11) is 1.39. The smallest absolute Gasteiger partial charge is 0.360 e. The van der Waals surface area contributed by atoms with Crippen molar-refractivity contribution in [1.82, 2.24) is 9.78 Å². The standard InChI is InChI=1S/C16H19N3O2/c1-21-16(20)15-14(18-10-6-3-7-11-18)12-19(17-15)13-8-4-2-5-9-13/h2,4-5,8-9,12H,3,6-7,10-11H2,1H3. The van der Waals surface area contributed by atoms with E-state index in [0.717, 1.165) is 37.3 Å². The summed E-state index contributed by atoms with van der Waals surface area (Å²) in [5.41, 5.74) is 2.19. The number of nitrogens with zero attached hydrogens (tertiary/aromatic N) is 3. The van der Waals surface area contributed by atoms with Gasteiger partial charge in [0.25, 0.3) is 0 Å². The third-order valence-corrected chi connectivity index (χ3v) is 3.79. The van der Waals surface area contributed by atoms with Gasteiger partial charge in [0, 0.05) is 13.1 Å². The highest BCUT2D eigenvalue weighted by molar-refractivity contribution is 5.93. The molecule has 0 unspecified atom stereocenters. The highest BCUT2D eigenvalue weighted by Crippen LogP contribution is 2.25. The molecule has 0 spiro atoms. The molecule has 1 aromatic heterocycles. The van der Waals surface area contributed by atoms with Crippen LogP contribution in [0.2, 0.25) is 0 Å². The first-order valence-corrected chi connectivity index (χ1v) is 7.28. The second kappa shape index (κ2) is 5.99. The van der Waals surface area contributed by atoms with Gasteiger partial charge in [-0.2, -0.15) is 5.10 Å². The van der Waals surface area contributed by atoms with E-state index in [1.54, 1.807) is 4.68 Å². The number of carbonyl (C=O) groups excluding carboxylic acids is 1. The van der Waals surface area contributed by atoms with E-state index >= 15 is 0 Å². The Morgan fingerprint density at radius 2 is 1.86 bits per heavy atom. The fourth-order valence-electron chi connectivity index (χ4n) is 2.69. The van der Waals surface area contributed by atoms with Gasteiger partial charge in [0.1, 0.15) is 0 Å². The van der Waals surface area contributed by atoms with Gasteiger partial charge < -0.3 is 9.64 Å². The largest absolute Gasteiger partial charge is 0.464 e. The summed E-state index contributed by atoms with van der Waals surface area (Å²) >= 11 is 0. The van der Waals surface area contributed by atoms with Crippen molar-refractivity contribution in [3.05, 3.63) is 42.2 Å². The van der Waals surface area contributed by atoms with Crippen molar-refractivity contribution < 1.29 is 9.53 Å². The molecule has 0 amide bonds. The van der Waals surface area contributed by atoms with Crippen molar-refractivity contribution in [2.24, 2.45) is 0 Å². The van der Waals surface area contributed by atoms with Gasteiger partial charge in [0.2, 0.25) is 0 Å². The Bertz CT molecular complexity index is 616. The summed E-state index contributed by atoms with van der Waals surface area (Å²) in [5.74, 6) is -0.384. The number of carbonyl (C=O) groups is 1. The predicted molar refractivity (Wildman–Crippen MR) is 81.0 cm³/mol. The molecule has 1 aliphatic heterocycles. The molecule has 0 bridgehead atoms. The number of rotatable bonds is 3. The van der Waals surface area contributed by atoms with E-state index in [9.17, 15) is 4.79 Å². The van der Waals surface area contributed by atoms with Gasteiger partial charge in [0.05, 0.1) is 24.7 Å². The number of benzene rings is 1. The summed E-state index contributed by atoms with van der Waals surface area (Å²) in [6, 6.07) is 9.80. The maximum atomic E-state index is 12.0. The van der Waals surface area contributed by atoms with E-state index in [1.807, 2.05) is 36.5 Å². The molecule has 0 saturated carbocycles. The summed E-state index contributed by atoms with van der Waals surface area (Å²) in [5, 5.41) is 4.43. The fraction of sp³-hybridized carbons (Fsp3) is 0.375. The molecular formula is C16H19N3O2. The third kappa shape index (κ3) is 2.77. The number of anilines is 1. The van der Waals surface area contributed by atoms with Crippen molar-refractivity contribution in [3.63, 3.8) is 0 Å². The Kier molecular flexibility index (Phi) is 3.90. The van der Waals surface area contributed by atoms with Crippen LogP contribution in [-0.4, -0.2) is 35.9 Å². The molecule has 21 heavy (non-hydrogen) atoms. The maximum absolute atomic E-state index is 12.0. The number of ether oxygens (including phenoxy) is 1. The summed E-state index contributed by atoms with van der Waals surface area (Å²) in [6.45, 7) is 1.93. The number of piperidine rings is 1. The number of hydrogen-bond donors (Lipinski definition) is 0. The predicted octanol–water partition coefficient (Wildman–Crippen LogP) is 2.65. The molecule has 110 valence electrons. The molecule has 1 fully saturated rings. The van der Waals surface area contributed by atoms with E-state index in [1.165, 1.54) is 13.5 Å². The van der Waals surface area contributed by atoms with Crippen molar-refractivity contribution in [1.29, 1.82) is 0 Å². The van der Waals surface area contributed by atoms with Crippen LogP contribution in [0.4, 0.5) is 5.69 Å². The highest BCUT2D eigenvalue weighted by atomic mass is 16.5. The molecule has 1 saturated heterocycles. The zero-order valence-corrected chi connectivity index (χ0v) is 12.2. The van der Waals surface area contributed by atoms with E-state index in [2.05, 4.69) is 10.00 Å². The zero-order valence-electron chi connectivity index (χ0n) is 12.2. The lowest BCUT2D eigenvalue weighted by Gasteiger charge is -2.27. The minimum atomic E-state index is -0.384. The highest BCUT2D eigenvalue weighted by Gasteiger charge is 2.23. The number of hydrogen-bond acceptors (Lipinski definition) is 4. The van der Waals surface area contributed by atoms with E-state index in [-0.39, 0.29) is 5.97 Å². The lowest BCUT2D eigenvalue weighted by Crippen LogP contribution is -2.30. The van der Waals surface area contributed by atoms with Crippen LogP contribution in [0.3, 0.4) is 0 Å². The second-order valence-electron chi connectivity index (χ2n) is 5.18. The first kappa shape index (κ1) is 13.7. The quantitative estimate of drug-likeness (QED) is 0.813. The number of esters is 1. The second-order valence-corrected chi connectivity index (χ2v) is 5.18. The van der Waals surface area contributed by atoms with Gasteiger partial charge in [0.15, 0.2) is 5.69 Å². The van der Waals surface area contributed by atoms with E-state index < -0.39 is 0 Å². The Hall–Kier alpha value is -2.30. The van der Waals surface area contributed by atoms with Crippen LogP contribution >= 0.6 is 0 Å². The summed E-state index contributed by atoms with van der Waals surface area (Å²) in [4.78, 5) is 14.2. The van der Waals surface area contributed by atoms with Crippen molar-refractivity contribution in [3.8, 4) is 5.69 Å². The van der Waals surface area contributed by atoms with Gasteiger partial charge in [-0.15, -0.1) is 0 Å².